The molecule has 0 saturated carbocycles. The van der Waals surface area contributed by atoms with E-state index in [1.807, 2.05) is 24.4 Å². The van der Waals surface area contributed by atoms with E-state index in [4.69, 9.17) is 0 Å². The maximum atomic E-state index is 12.7. The van der Waals surface area contributed by atoms with Crippen molar-refractivity contribution in [3.05, 3.63) is 51.8 Å². The summed E-state index contributed by atoms with van der Waals surface area (Å²) in [4.78, 5) is 5.49. The summed E-state index contributed by atoms with van der Waals surface area (Å²) < 4.78 is 12.7. The number of nitrogens with zero attached hydrogens (tertiary/aromatic N) is 2. The van der Waals surface area contributed by atoms with Crippen molar-refractivity contribution in [3.63, 3.8) is 0 Å². The van der Waals surface area contributed by atoms with Crippen molar-refractivity contribution < 1.29 is 4.21 Å². The predicted octanol–water partition coefficient (Wildman–Crippen LogP) is 2.56. The van der Waals surface area contributed by atoms with Crippen molar-refractivity contribution in [3.8, 4) is 0 Å². The van der Waals surface area contributed by atoms with Gasteiger partial charge in [-0.3, -0.25) is 14.6 Å². The fourth-order valence-corrected chi connectivity index (χ4v) is 4.91. The fraction of sp³-hybridized carbons (Fsp3) is 0.333. The second kappa shape index (κ2) is 4.66. The SMILES string of the molecule is O=S1C2=C(CC1c1ccccn1)C1=C(CC=NN1)CC2. The summed E-state index contributed by atoms with van der Waals surface area (Å²) in [5, 5.41) is 4.16. The van der Waals surface area contributed by atoms with Gasteiger partial charge in [0.15, 0.2) is 0 Å². The number of hydrogen-bond donors (Lipinski definition) is 1. The summed E-state index contributed by atoms with van der Waals surface area (Å²) in [6.07, 6.45) is 7.32. The van der Waals surface area contributed by atoms with Gasteiger partial charge in [-0.15, -0.1) is 0 Å². The largest absolute Gasteiger partial charge is 0.279 e. The maximum Gasteiger partial charge on any atom is 0.0854 e. The molecule has 0 saturated heterocycles. The third kappa shape index (κ3) is 1.77. The summed E-state index contributed by atoms with van der Waals surface area (Å²) in [6, 6.07) is 5.83. The minimum Gasteiger partial charge on any atom is -0.279 e. The number of rotatable bonds is 1. The van der Waals surface area contributed by atoms with Crippen molar-refractivity contribution in [1.82, 2.24) is 10.4 Å². The first kappa shape index (κ1) is 12.0. The second-order valence-electron chi connectivity index (χ2n) is 5.25. The van der Waals surface area contributed by atoms with Gasteiger partial charge in [-0.1, -0.05) is 6.07 Å². The zero-order valence-corrected chi connectivity index (χ0v) is 11.8. The van der Waals surface area contributed by atoms with Crippen LogP contribution in [0.2, 0.25) is 0 Å². The van der Waals surface area contributed by atoms with Crippen LogP contribution in [0.4, 0.5) is 0 Å². The molecule has 0 fully saturated rings. The Hall–Kier alpha value is -1.75. The second-order valence-corrected chi connectivity index (χ2v) is 6.91. The van der Waals surface area contributed by atoms with Crippen LogP contribution in [0.15, 0.2) is 51.2 Å². The molecule has 2 atom stereocenters. The van der Waals surface area contributed by atoms with Crippen LogP contribution in [0, 0.1) is 0 Å². The Morgan fingerprint density at radius 2 is 2.25 bits per heavy atom. The van der Waals surface area contributed by atoms with E-state index in [0.29, 0.717) is 0 Å². The van der Waals surface area contributed by atoms with Crippen LogP contribution in [0.1, 0.15) is 36.6 Å². The topological polar surface area (TPSA) is 54.4 Å². The normalized spacial score (nSPS) is 28.2. The highest BCUT2D eigenvalue weighted by molar-refractivity contribution is 7.89. The van der Waals surface area contributed by atoms with E-state index >= 15 is 0 Å². The first-order valence-corrected chi connectivity index (χ1v) is 8.09. The number of aromatic nitrogens is 1. The number of allylic oxidation sites excluding steroid dienone is 3. The maximum absolute atomic E-state index is 12.7. The molecule has 3 heterocycles. The standard InChI is InChI=1S/C15H15N3OS/c19-20-13-5-4-10-6-8-17-18-15(10)11(13)9-14(20)12-3-1-2-7-16-12/h1-3,7-8,14,18H,4-6,9H2. The number of fused-ring (bicyclic) bond motifs is 1. The van der Waals surface area contributed by atoms with Crippen molar-refractivity contribution >= 4 is 17.0 Å². The lowest BCUT2D eigenvalue weighted by molar-refractivity contribution is 0.677. The third-order valence-corrected chi connectivity index (χ3v) is 6.02. The van der Waals surface area contributed by atoms with E-state index in [9.17, 15) is 4.21 Å². The molecular weight excluding hydrogens is 270 g/mol. The Morgan fingerprint density at radius 1 is 1.30 bits per heavy atom. The predicted molar refractivity (Wildman–Crippen MR) is 79.3 cm³/mol. The number of hydrogen-bond acceptors (Lipinski definition) is 4. The van der Waals surface area contributed by atoms with Crippen LogP contribution in [-0.2, 0) is 10.8 Å². The first-order valence-electron chi connectivity index (χ1n) is 6.88. The average Bonchev–Trinajstić information content (AvgIpc) is 2.86. The molecule has 4 nitrogen and oxygen atoms in total. The molecule has 1 aromatic heterocycles. The highest BCUT2D eigenvalue weighted by atomic mass is 32.2. The zero-order chi connectivity index (χ0) is 13.5. The molecule has 0 amide bonds. The van der Waals surface area contributed by atoms with Crippen LogP contribution in [-0.4, -0.2) is 15.4 Å². The summed E-state index contributed by atoms with van der Waals surface area (Å²) >= 11 is 0. The molecule has 4 rings (SSSR count). The molecule has 102 valence electrons. The van der Waals surface area contributed by atoms with E-state index in [1.54, 1.807) is 6.20 Å². The fourth-order valence-electron chi connectivity index (χ4n) is 3.16. The van der Waals surface area contributed by atoms with Gasteiger partial charge in [0.2, 0.25) is 0 Å². The molecule has 20 heavy (non-hydrogen) atoms. The summed E-state index contributed by atoms with van der Waals surface area (Å²) in [7, 11) is -0.952. The molecule has 0 bridgehead atoms. The smallest absolute Gasteiger partial charge is 0.0854 e. The zero-order valence-electron chi connectivity index (χ0n) is 11.0. The molecule has 1 N–H and O–H groups in total. The van der Waals surface area contributed by atoms with Gasteiger partial charge >= 0.3 is 0 Å². The summed E-state index contributed by atoms with van der Waals surface area (Å²) in [5.41, 5.74) is 7.80. The molecule has 1 aliphatic carbocycles. The van der Waals surface area contributed by atoms with Gasteiger partial charge in [0.1, 0.15) is 0 Å². The molecule has 0 spiro atoms. The van der Waals surface area contributed by atoms with Crippen LogP contribution >= 0.6 is 0 Å². The van der Waals surface area contributed by atoms with E-state index in [-0.39, 0.29) is 5.25 Å². The van der Waals surface area contributed by atoms with Gasteiger partial charge < -0.3 is 0 Å². The first-order chi connectivity index (χ1) is 9.84. The Balaban J connectivity index is 1.71. The van der Waals surface area contributed by atoms with Gasteiger partial charge in [-0.25, -0.2) is 0 Å². The van der Waals surface area contributed by atoms with Gasteiger partial charge in [0.05, 0.1) is 27.4 Å². The van der Waals surface area contributed by atoms with E-state index in [0.717, 1.165) is 42.0 Å². The van der Waals surface area contributed by atoms with Crippen LogP contribution in [0.25, 0.3) is 0 Å². The van der Waals surface area contributed by atoms with Crippen LogP contribution in [0.5, 0.6) is 0 Å². The molecule has 2 unspecified atom stereocenters. The van der Waals surface area contributed by atoms with Crippen molar-refractivity contribution in [1.29, 1.82) is 0 Å². The van der Waals surface area contributed by atoms with Crippen LogP contribution in [0.3, 0.4) is 0 Å². The lowest BCUT2D eigenvalue weighted by Crippen LogP contribution is -2.19. The Labute approximate surface area is 120 Å². The van der Waals surface area contributed by atoms with Gasteiger partial charge in [0.25, 0.3) is 0 Å². The molecule has 1 aromatic rings. The van der Waals surface area contributed by atoms with E-state index in [2.05, 4.69) is 15.5 Å². The van der Waals surface area contributed by atoms with E-state index < -0.39 is 10.8 Å². The van der Waals surface area contributed by atoms with Crippen molar-refractivity contribution in [2.45, 2.75) is 30.9 Å². The number of pyridine rings is 1. The van der Waals surface area contributed by atoms with Gasteiger partial charge in [0, 0.05) is 23.7 Å². The molecule has 0 radical (unpaired) electrons. The number of nitrogens with one attached hydrogen (secondary N) is 1. The summed E-state index contributed by atoms with van der Waals surface area (Å²) in [5.74, 6) is 0. The Kier molecular flexibility index (Phi) is 2.80. The average molecular weight is 285 g/mol. The highest BCUT2D eigenvalue weighted by Gasteiger charge is 2.38. The van der Waals surface area contributed by atoms with Crippen molar-refractivity contribution in [2.24, 2.45) is 5.10 Å². The van der Waals surface area contributed by atoms with Crippen molar-refractivity contribution in [2.75, 3.05) is 0 Å². The van der Waals surface area contributed by atoms with E-state index in [1.165, 1.54) is 11.1 Å². The molecule has 3 aliphatic rings. The number of hydrazone groups is 1. The quantitative estimate of drug-likeness (QED) is 0.862. The molecule has 2 aliphatic heterocycles. The molecular formula is C15H15N3OS. The monoisotopic (exact) mass is 285 g/mol. The lowest BCUT2D eigenvalue weighted by Gasteiger charge is -2.23. The van der Waals surface area contributed by atoms with Crippen LogP contribution < -0.4 is 5.43 Å². The third-order valence-electron chi connectivity index (χ3n) is 4.16. The Bertz CT molecular complexity index is 676. The summed E-state index contributed by atoms with van der Waals surface area (Å²) in [6.45, 7) is 0. The molecule has 5 heteroatoms. The minimum absolute atomic E-state index is 0.000700. The lowest BCUT2D eigenvalue weighted by atomic mass is 9.91. The Morgan fingerprint density at radius 3 is 3.10 bits per heavy atom. The van der Waals surface area contributed by atoms with Gasteiger partial charge in [-0.2, -0.15) is 5.10 Å². The molecule has 0 aromatic carbocycles. The van der Waals surface area contributed by atoms with Gasteiger partial charge in [-0.05, 0) is 42.5 Å². The minimum atomic E-state index is -0.952. The highest BCUT2D eigenvalue weighted by Crippen LogP contribution is 2.46.